The molecule has 536 valence electrons. The van der Waals surface area contributed by atoms with E-state index in [1.165, 1.54) is 99.2 Å². The van der Waals surface area contributed by atoms with E-state index in [9.17, 15) is 19.2 Å². The molecule has 0 aromatic heterocycles. The number of esters is 1. The first-order chi connectivity index (χ1) is 49.1. The van der Waals surface area contributed by atoms with Gasteiger partial charge in [0, 0.05) is 25.6 Å². The van der Waals surface area contributed by atoms with Gasteiger partial charge in [-0.2, -0.15) is 0 Å². The van der Waals surface area contributed by atoms with Gasteiger partial charge >= 0.3 is 5.97 Å². The van der Waals surface area contributed by atoms with E-state index in [4.69, 9.17) is 18.9 Å². The molecular formula is C89H110N2O8Si3. The number of allylic oxidation sites excluding steroid dienone is 3. The molecule has 1 fully saturated rings. The first-order valence-corrected chi connectivity index (χ1v) is 45.9. The molecule has 10 rings (SSSR count). The average molecular weight is 1420 g/mol. The van der Waals surface area contributed by atoms with E-state index in [0.29, 0.717) is 44.5 Å². The van der Waals surface area contributed by atoms with Crippen LogP contribution in [0.1, 0.15) is 122 Å². The number of carbonyl (C=O) groups excluding carboxylic acids is 1. The van der Waals surface area contributed by atoms with Crippen LogP contribution in [0.15, 0.2) is 243 Å². The summed E-state index contributed by atoms with van der Waals surface area (Å²) in [5.74, 6) is 2.89. The van der Waals surface area contributed by atoms with Gasteiger partial charge in [-0.3, -0.25) is 9.69 Å². The number of nitrogens with zero attached hydrogens (tertiary/aromatic N) is 2. The van der Waals surface area contributed by atoms with E-state index in [1.54, 1.807) is 0 Å². The monoisotopic (exact) mass is 1420 g/mol. The fourth-order valence-electron chi connectivity index (χ4n) is 12.6. The van der Waals surface area contributed by atoms with Crippen LogP contribution >= 0.6 is 0 Å². The van der Waals surface area contributed by atoms with Gasteiger partial charge in [-0.25, -0.2) is 0 Å². The Morgan fingerprint density at radius 3 is 1.07 bits per heavy atom. The number of hydrogen-bond donors (Lipinski definition) is 3. The lowest BCUT2D eigenvalue weighted by molar-refractivity contribution is -0.134. The highest BCUT2D eigenvalue weighted by atomic mass is 28.4. The molecule has 0 bridgehead atoms. The molecule has 0 unspecified atom stereocenters. The Morgan fingerprint density at radius 1 is 0.392 bits per heavy atom. The molecule has 102 heavy (non-hydrogen) atoms. The molecule has 10 nitrogen and oxygen atoms in total. The summed E-state index contributed by atoms with van der Waals surface area (Å²) in [6.45, 7) is 24.3. The maximum atomic E-state index is 12.4. The van der Waals surface area contributed by atoms with E-state index in [0.717, 1.165) is 77.5 Å². The van der Waals surface area contributed by atoms with Gasteiger partial charge < -0.3 is 38.2 Å². The Morgan fingerprint density at radius 2 is 0.716 bits per heavy atom. The number of hydrogen-bond acceptors (Lipinski definition) is 10. The number of benzene rings is 9. The van der Waals surface area contributed by atoms with Crippen LogP contribution in [0.25, 0.3) is 33.4 Å². The van der Waals surface area contributed by atoms with Crippen molar-refractivity contribution in [3.05, 3.63) is 293 Å². The Hall–Kier alpha value is -8.48. The van der Waals surface area contributed by atoms with Crippen molar-refractivity contribution in [2.45, 2.75) is 124 Å². The average Bonchev–Trinajstić information content (AvgIpc) is 0.811. The molecular weight excluding hydrogens is 1310 g/mol. The normalized spacial score (nSPS) is 13.4. The molecule has 1 heterocycles. The standard InChI is InChI=1S/C35H45NO4Si.C28H35NO2Si.C26H30O2Si/c1-4-33(28-12-7-5-8-13-28)35(29-15-19-31(20-16-29)39-26-25-36-23-9-6-10-24-36)30-17-21-32(22-18-30)40-34(37)14-11-27-41(2,3)38;1-6-27(22-14-18-26(19-15-22)32(4,5)30)28(23-10-8-7-9-11-23)24-12-16-25(17-13-24)31-21-20-29(2)3;1-4-25(21-11-7-5-8-12-21)26(22-13-9-6-10-14-22)23-15-17-24(18-16-23)28-19-20-29(2,3)27/h5,7-8,12-13,15-22,38H,4,6,9-11,14,23-27H2,1-3H3;7-19,30H,6,20-21H2,1-5H3;5-18,27H,4,19-20H2,1-3H3/b35-33+;28-27-;26-25-. The Balaban J connectivity index is 0.000000198. The van der Waals surface area contributed by atoms with Gasteiger partial charge in [-0.15, -0.1) is 0 Å². The molecule has 0 saturated carbocycles. The second kappa shape index (κ2) is 39.8. The van der Waals surface area contributed by atoms with Gasteiger partial charge in [0.15, 0.2) is 16.6 Å². The number of rotatable bonds is 30. The lowest BCUT2D eigenvalue weighted by Crippen LogP contribution is -2.41. The van der Waals surface area contributed by atoms with Gasteiger partial charge in [0.25, 0.3) is 0 Å². The van der Waals surface area contributed by atoms with Crippen molar-refractivity contribution in [3.8, 4) is 23.0 Å². The molecule has 13 heteroatoms. The van der Waals surface area contributed by atoms with Crippen molar-refractivity contribution in [2.75, 3.05) is 60.1 Å². The third-order valence-electron chi connectivity index (χ3n) is 18.2. The second-order valence-corrected chi connectivity index (χ2v) is 40.2. The fraction of sp³-hybridized carbons (Fsp3) is 0.315. The summed E-state index contributed by atoms with van der Waals surface area (Å²) >= 11 is 0. The van der Waals surface area contributed by atoms with Gasteiger partial charge in [0.05, 0.1) is 6.61 Å². The van der Waals surface area contributed by atoms with Crippen LogP contribution in [0.2, 0.25) is 51.4 Å². The molecule has 3 N–H and O–H groups in total. The summed E-state index contributed by atoms with van der Waals surface area (Å²) in [6, 6.07) is 85.1. The van der Waals surface area contributed by atoms with E-state index in [2.05, 4.69) is 231 Å². The van der Waals surface area contributed by atoms with Gasteiger partial charge in [-0.05, 0) is 248 Å². The largest absolute Gasteiger partial charge is 0.494 e. The molecule has 0 radical (unpaired) electrons. The summed E-state index contributed by atoms with van der Waals surface area (Å²) in [5.41, 5.74) is 18.1. The Labute approximate surface area is 613 Å². The third-order valence-corrected chi connectivity index (χ3v) is 22.9. The number of piperidine rings is 1. The van der Waals surface area contributed by atoms with Crippen LogP contribution in [0, 0.1) is 0 Å². The van der Waals surface area contributed by atoms with Crippen molar-refractivity contribution in [1.29, 1.82) is 0 Å². The van der Waals surface area contributed by atoms with Crippen LogP contribution in [-0.2, 0) is 4.79 Å². The van der Waals surface area contributed by atoms with Crippen molar-refractivity contribution < 1.29 is 38.1 Å². The summed E-state index contributed by atoms with van der Waals surface area (Å²) in [6.07, 6.45) is 7.61. The predicted octanol–water partition coefficient (Wildman–Crippen LogP) is 19.8. The third kappa shape index (κ3) is 25.5. The smallest absolute Gasteiger partial charge is 0.311 e. The van der Waals surface area contributed by atoms with Crippen LogP contribution in [0.5, 0.6) is 23.0 Å². The van der Waals surface area contributed by atoms with Crippen LogP contribution in [0.4, 0.5) is 0 Å². The number of likely N-dealkylation sites (N-methyl/N-ethyl adjacent to an activating group) is 1. The second-order valence-electron chi connectivity index (χ2n) is 28.3. The molecule has 0 amide bonds. The molecule has 1 aliphatic rings. The number of ether oxygens (including phenoxy) is 4. The molecule has 9 aromatic rings. The SMILES string of the molecule is CC/C(=C(/c1ccc(OCCN2CCCCC2)cc1)c1ccc(OC(=O)CCC[Si](C)(C)O)cc1)c1ccccc1.CC/C(=C(\c1ccccc1)c1ccc(OCCN(C)C)cc1)c1ccc([Si](C)(C)O)cc1.CC/C(=C(\c1ccccc1)c1ccc(OCC[Si](C)(C)O)cc1)c1ccccc1. The highest BCUT2D eigenvalue weighted by molar-refractivity contribution is 6.83. The first kappa shape index (κ1) is 79.2. The Bertz CT molecular complexity index is 4050. The zero-order valence-electron chi connectivity index (χ0n) is 62.4. The maximum absolute atomic E-state index is 12.4. The van der Waals surface area contributed by atoms with E-state index >= 15 is 0 Å². The van der Waals surface area contributed by atoms with Crippen LogP contribution < -0.4 is 24.1 Å². The van der Waals surface area contributed by atoms with Crippen molar-refractivity contribution >= 4 is 69.5 Å². The summed E-state index contributed by atoms with van der Waals surface area (Å²) < 4.78 is 23.4. The summed E-state index contributed by atoms with van der Waals surface area (Å²) in [4.78, 5) is 47.4. The molecule has 0 spiro atoms. The van der Waals surface area contributed by atoms with Gasteiger partial charge in [0.1, 0.15) is 36.2 Å². The fourth-order valence-corrected chi connectivity index (χ4v) is 15.2. The molecule has 1 saturated heterocycles. The minimum absolute atomic E-state index is 0.263. The van der Waals surface area contributed by atoms with E-state index in [-0.39, 0.29) is 5.97 Å². The minimum Gasteiger partial charge on any atom is -0.494 e. The van der Waals surface area contributed by atoms with Crippen molar-refractivity contribution in [3.63, 3.8) is 0 Å². The quantitative estimate of drug-likeness (QED) is 0.0174. The maximum Gasteiger partial charge on any atom is 0.311 e. The molecule has 9 aromatic carbocycles. The molecule has 1 aliphatic heterocycles. The van der Waals surface area contributed by atoms with E-state index in [1.807, 2.05) is 95.8 Å². The first-order valence-electron chi connectivity index (χ1n) is 36.7. The van der Waals surface area contributed by atoms with Crippen LogP contribution in [-0.4, -0.2) is 115 Å². The van der Waals surface area contributed by atoms with Crippen molar-refractivity contribution in [1.82, 2.24) is 9.80 Å². The zero-order valence-corrected chi connectivity index (χ0v) is 65.4. The lowest BCUT2D eigenvalue weighted by atomic mass is 9.88. The highest BCUT2D eigenvalue weighted by Crippen LogP contribution is 2.39. The summed E-state index contributed by atoms with van der Waals surface area (Å²) in [7, 11) is -2.44. The van der Waals surface area contributed by atoms with Gasteiger partial charge in [0.2, 0.25) is 8.32 Å². The topological polar surface area (TPSA) is 121 Å². The van der Waals surface area contributed by atoms with Crippen molar-refractivity contribution in [2.24, 2.45) is 0 Å². The number of likely N-dealkylation sites (tertiary alicyclic amines) is 1. The van der Waals surface area contributed by atoms with E-state index < -0.39 is 25.0 Å². The molecule has 0 aliphatic carbocycles. The summed E-state index contributed by atoms with van der Waals surface area (Å²) in [5, 5.41) is 1.05. The molecule has 0 atom stereocenters. The van der Waals surface area contributed by atoms with Crippen LogP contribution in [0.3, 0.4) is 0 Å². The minimum atomic E-state index is -2.31. The lowest BCUT2D eigenvalue weighted by Gasteiger charge is -2.26. The Kier molecular flexibility index (Phi) is 30.9. The zero-order chi connectivity index (χ0) is 72.9. The van der Waals surface area contributed by atoms with Gasteiger partial charge in [-0.1, -0.05) is 221 Å². The number of carbonyl (C=O) groups is 1. The highest BCUT2D eigenvalue weighted by Gasteiger charge is 2.23. The predicted molar refractivity (Wildman–Crippen MR) is 435 cm³/mol.